The molecular formula is C15H21N3O2. The summed E-state index contributed by atoms with van der Waals surface area (Å²) in [6.07, 6.45) is 3.18. The monoisotopic (exact) mass is 275 g/mol. The Kier molecular flexibility index (Phi) is 3.78. The lowest BCUT2D eigenvalue weighted by Gasteiger charge is -2.20. The molecule has 1 fully saturated rings. The van der Waals surface area contributed by atoms with Crippen molar-refractivity contribution in [1.29, 1.82) is 0 Å². The quantitative estimate of drug-likeness (QED) is 0.872. The number of urea groups is 1. The van der Waals surface area contributed by atoms with Crippen molar-refractivity contribution >= 4 is 6.03 Å². The van der Waals surface area contributed by atoms with Gasteiger partial charge in [0.1, 0.15) is 5.75 Å². The summed E-state index contributed by atoms with van der Waals surface area (Å²) in [6.45, 7) is 3.62. The molecule has 1 aromatic rings. The van der Waals surface area contributed by atoms with Crippen LogP contribution in [0.3, 0.4) is 0 Å². The molecule has 2 amide bonds. The van der Waals surface area contributed by atoms with Gasteiger partial charge in [0.15, 0.2) is 0 Å². The molecule has 0 bridgehead atoms. The second-order valence-corrected chi connectivity index (χ2v) is 5.62. The fourth-order valence-electron chi connectivity index (χ4n) is 3.07. The van der Waals surface area contributed by atoms with Crippen LogP contribution in [-0.2, 0) is 13.0 Å². The van der Waals surface area contributed by atoms with Crippen molar-refractivity contribution in [2.45, 2.75) is 31.8 Å². The first-order valence-corrected chi connectivity index (χ1v) is 7.23. The third-order valence-electron chi connectivity index (χ3n) is 4.00. The van der Waals surface area contributed by atoms with Gasteiger partial charge >= 0.3 is 6.03 Å². The molecule has 1 unspecified atom stereocenters. The van der Waals surface area contributed by atoms with Crippen molar-refractivity contribution in [3.05, 3.63) is 29.3 Å². The Morgan fingerprint density at radius 3 is 3.25 bits per heavy atom. The van der Waals surface area contributed by atoms with Crippen LogP contribution in [0, 0.1) is 0 Å². The van der Waals surface area contributed by atoms with Crippen molar-refractivity contribution in [3.63, 3.8) is 0 Å². The number of fused-ring (bicyclic) bond motifs is 1. The smallest absolute Gasteiger partial charge is 0.312 e. The number of primary amides is 1. The summed E-state index contributed by atoms with van der Waals surface area (Å²) in [6, 6.07) is 6.23. The molecule has 0 radical (unpaired) electrons. The van der Waals surface area contributed by atoms with Crippen LogP contribution in [0.1, 0.15) is 24.0 Å². The average molecular weight is 275 g/mol. The van der Waals surface area contributed by atoms with Gasteiger partial charge < -0.3 is 15.8 Å². The largest absolute Gasteiger partial charge is 0.493 e. The highest BCUT2D eigenvalue weighted by atomic mass is 16.5. The van der Waals surface area contributed by atoms with Gasteiger partial charge in [-0.2, -0.15) is 0 Å². The molecule has 0 saturated carbocycles. The summed E-state index contributed by atoms with van der Waals surface area (Å²) < 4.78 is 5.63. The number of ether oxygens (including phenoxy) is 1. The maximum atomic E-state index is 10.9. The Labute approximate surface area is 119 Å². The van der Waals surface area contributed by atoms with Gasteiger partial charge in [-0.15, -0.1) is 0 Å². The van der Waals surface area contributed by atoms with E-state index < -0.39 is 6.03 Å². The summed E-state index contributed by atoms with van der Waals surface area (Å²) >= 11 is 0. The Morgan fingerprint density at radius 2 is 2.40 bits per heavy atom. The number of hydrogen-bond acceptors (Lipinski definition) is 3. The second kappa shape index (κ2) is 5.71. The first-order valence-electron chi connectivity index (χ1n) is 7.23. The molecule has 20 heavy (non-hydrogen) atoms. The zero-order valence-electron chi connectivity index (χ0n) is 11.6. The van der Waals surface area contributed by atoms with Crippen LogP contribution in [0.4, 0.5) is 4.79 Å². The van der Waals surface area contributed by atoms with Crippen molar-refractivity contribution in [2.75, 3.05) is 19.7 Å². The highest BCUT2D eigenvalue weighted by molar-refractivity contribution is 5.72. The van der Waals surface area contributed by atoms with Crippen LogP contribution in [0.2, 0.25) is 0 Å². The molecule has 1 atom stereocenters. The summed E-state index contributed by atoms with van der Waals surface area (Å²) in [5.41, 5.74) is 7.80. The fourth-order valence-corrected chi connectivity index (χ4v) is 3.07. The minimum atomic E-state index is -0.428. The first kappa shape index (κ1) is 13.2. The molecule has 108 valence electrons. The highest BCUT2D eigenvalue weighted by Gasteiger charge is 2.23. The minimum absolute atomic E-state index is 0.188. The van der Waals surface area contributed by atoms with E-state index in [4.69, 9.17) is 10.5 Å². The molecule has 5 nitrogen and oxygen atoms in total. The number of aryl methyl sites for hydroxylation is 1. The lowest BCUT2D eigenvalue weighted by Crippen LogP contribution is -2.40. The van der Waals surface area contributed by atoms with E-state index in [-0.39, 0.29) is 6.04 Å². The number of nitrogens with zero attached hydrogens (tertiary/aromatic N) is 1. The van der Waals surface area contributed by atoms with Gasteiger partial charge in [-0.1, -0.05) is 12.1 Å². The van der Waals surface area contributed by atoms with Crippen LogP contribution in [0.5, 0.6) is 5.75 Å². The van der Waals surface area contributed by atoms with Crippen LogP contribution in [-0.4, -0.2) is 36.7 Å². The summed E-state index contributed by atoms with van der Waals surface area (Å²) in [5.74, 6) is 1.04. The number of rotatable bonds is 3. The number of carbonyl (C=O) groups excluding carboxylic acids is 1. The average Bonchev–Trinajstić information content (AvgIpc) is 2.85. The number of nitrogens with two attached hydrogens (primary N) is 1. The predicted molar refractivity (Wildman–Crippen MR) is 76.7 cm³/mol. The van der Waals surface area contributed by atoms with Gasteiger partial charge in [0.2, 0.25) is 0 Å². The van der Waals surface area contributed by atoms with Gasteiger partial charge in [-0.3, -0.25) is 4.90 Å². The molecule has 1 aromatic carbocycles. The van der Waals surface area contributed by atoms with Gasteiger partial charge in [-0.25, -0.2) is 4.79 Å². The molecule has 2 aliphatic rings. The maximum absolute atomic E-state index is 10.9. The van der Waals surface area contributed by atoms with Crippen LogP contribution >= 0.6 is 0 Å². The van der Waals surface area contributed by atoms with E-state index in [2.05, 4.69) is 28.4 Å². The van der Waals surface area contributed by atoms with Crippen LogP contribution in [0.15, 0.2) is 18.2 Å². The highest BCUT2D eigenvalue weighted by Crippen LogP contribution is 2.26. The van der Waals surface area contributed by atoms with E-state index in [1.165, 1.54) is 11.1 Å². The van der Waals surface area contributed by atoms with Crippen molar-refractivity contribution in [1.82, 2.24) is 10.2 Å². The molecule has 0 aliphatic carbocycles. The van der Waals surface area contributed by atoms with E-state index in [9.17, 15) is 4.79 Å². The maximum Gasteiger partial charge on any atom is 0.312 e. The van der Waals surface area contributed by atoms with E-state index >= 15 is 0 Å². The van der Waals surface area contributed by atoms with Gasteiger partial charge in [0, 0.05) is 25.7 Å². The minimum Gasteiger partial charge on any atom is -0.493 e. The van der Waals surface area contributed by atoms with E-state index in [0.29, 0.717) is 0 Å². The summed E-state index contributed by atoms with van der Waals surface area (Å²) in [4.78, 5) is 13.2. The third kappa shape index (κ3) is 3.04. The van der Waals surface area contributed by atoms with Crippen molar-refractivity contribution < 1.29 is 9.53 Å². The molecule has 5 heteroatoms. The molecule has 2 heterocycles. The number of nitrogens with one attached hydrogen (secondary N) is 1. The number of amides is 2. The summed E-state index contributed by atoms with van der Waals surface area (Å²) in [5, 5.41) is 2.78. The zero-order chi connectivity index (χ0) is 13.9. The fraction of sp³-hybridized carbons (Fsp3) is 0.533. The Balaban J connectivity index is 1.60. The molecular weight excluding hydrogens is 254 g/mol. The number of benzene rings is 1. The van der Waals surface area contributed by atoms with Gasteiger partial charge in [0.25, 0.3) is 0 Å². The first-order chi connectivity index (χ1) is 9.70. The standard InChI is InChI=1S/C15H21N3O2/c16-15(19)17-13-5-6-18(10-13)9-11-3-4-14-12(8-11)2-1-7-20-14/h3-4,8,13H,1-2,5-7,9-10H2,(H3,16,17,19). The Bertz CT molecular complexity index is 504. The van der Waals surface area contributed by atoms with E-state index in [0.717, 1.165) is 51.3 Å². The molecule has 0 aromatic heterocycles. The third-order valence-corrected chi connectivity index (χ3v) is 4.00. The van der Waals surface area contributed by atoms with Crippen molar-refractivity contribution in [2.24, 2.45) is 5.73 Å². The van der Waals surface area contributed by atoms with Crippen LogP contribution in [0.25, 0.3) is 0 Å². The van der Waals surface area contributed by atoms with Crippen molar-refractivity contribution in [3.8, 4) is 5.75 Å². The van der Waals surface area contributed by atoms with E-state index in [1.54, 1.807) is 0 Å². The number of hydrogen-bond donors (Lipinski definition) is 2. The SMILES string of the molecule is NC(=O)NC1CCN(Cc2ccc3c(c2)CCCO3)C1. The van der Waals surface area contributed by atoms with E-state index in [1.807, 2.05) is 0 Å². The molecule has 2 aliphatic heterocycles. The lowest BCUT2D eigenvalue weighted by atomic mass is 10.0. The lowest BCUT2D eigenvalue weighted by molar-refractivity contribution is 0.244. The predicted octanol–water partition coefficient (Wildman–Crippen LogP) is 1.25. The second-order valence-electron chi connectivity index (χ2n) is 5.62. The van der Waals surface area contributed by atoms with Gasteiger partial charge in [0.05, 0.1) is 6.61 Å². The molecule has 3 rings (SSSR count). The normalized spacial score (nSPS) is 22.1. The molecule has 0 spiro atoms. The molecule has 1 saturated heterocycles. The number of likely N-dealkylation sites (tertiary alicyclic amines) is 1. The number of carbonyl (C=O) groups is 1. The molecule has 3 N–H and O–H groups in total. The Hall–Kier alpha value is -1.75. The summed E-state index contributed by atoms with van der Waals surface area (Å²) in [7, 11) is 0. The Morgan fingerprint density at radius 1 is 1.50 bits per heavy atom. The zero-order valence-corrected chi connectivity index (χ0v) is 11.6. The van der Waals surface area contributed by atoms with Crippen LogP contribution < -0.4 is 15.8 Å². The van der Waals surface area contributed by atoms with Gasteiger partial charge in [-0.05, 0) is 36.5 Å². The topological polar surface area (TPSA) is 67.6 Å².